The summed E-state index contributed by atoms with van der Waals surface area (Å²) in [7, 11) is 1.34. The summed E-state index contributed by atoms with van der Waals surface area (Å²) in [6.45, 7) is 1.17. The quantitative estimate of drug-likeness (QED) is 0.762. The van der Waals surface area contributed by atoms with Crippen LogP contribution in [-0.4, -0.2) is 31.0 Å². The Morgan fingerprint density at radius 2 is 1.96 bits per heavy atom. The first-order valence-electron chi connectivity index (χ1n) is 9.05. The molecule has 0 radical (unpaired) electrons. The van der Waals surface area contributed by atoms with Gasteiger partial charge < -0.3 is 9.64 Å². The van der Waals surface area contributed by atoms with Crippen molar-refractivity contribution in [2.45, 2.75) is 25.7 Å². The van der Waals surface area contributed by atoms with Crippen LogP contribution in [0.1, 0.15) is 35.2 Å². The first-order valence-corrected chi connectivity index (χ1v) is 9.05. The van der Waals surface area contributed by atoms with E-state index in [9.17, 15) is 18.0 Å². The first-order chi connectivity index (χ1) is 13.0. The standard InChI is InChI=1S/C21H22F3NO2/c1-27-20-16(5-2-6-18(20)23)21(26)25-11-3-4-15(13-25)8-7-14-9-10-17(22)19(24)12-14/h2,5-6,9-10,12,15H,3-4,7-8,11,13H2,1H3. The van der Waals surface area contributed by atoms with Gasteiger partial charge in [0, 0.05) is 13.1 Å². The highest BCUT2D eigenvalue weighted by Gasteiger charge is 2.27. The topological polar surface area (TPSA) is 29.5 Å². The van der Waals surface area contributed by atoms with Gasteiger partial charge in [-0.25, -0.2) is 13.2 Å². The Hall–Kier alpha value is -2.50. The van der Waals surface area contributed by atoms with Gasteiger partial charge in [0.2, 0.25) is 0 Å². The second kappa shape index (κ2) is 8.46. The lowest BCUT2D eigenvalue weighted by Crippen LogP contribution is -2.40. The smallest absolute Gasteiger partial charge is 0.257 e. The molecule has 3 rings (SSSR count). The highest BCUT2D eigenvalue weighted by atomic mass is 19.2. The van der Waals surface area contributed by atoms with Gasteiger partial charge in [-0.1, -0.05) is 12.1 Å². The van der Waals surface area contributed by atoms with Crippen molar-refractivity contribution < 1.29 is 22.7 Å². The number of aryl methyl sites for hydroxylation is 1. The van der Waals surface area contributed by atoms with Crippen LogP contribution in [0.25, 0.3) is 0 Å². The van der Waals surface area contributed by atoms with Gasteiger partial charge in [0.1, 0.15) is 0 Å². The molecule has 3 nitrogen and oxygen atoms in total. The molecule has 1 amide bonds. The van der Waals surface area contributed by atoms with Crippen molar-refractivity contribution in [2.24, 2.45) is 5.92 Å². The summed E-state index contributed by atoms with van der Waals surface area (Å²) in [5.41, 5.74) is 0.961. The van der Waals surface area contributed by atoms with Crippen molar-refractivity contribution >= 4 is 5.91 Å². The number of amides is 1. The predicted octanol–water partition coefficient (Wildman–Crippen LogP) is 4.60. The van der Waals surface area contributed by atoms with Gasteiger partial charge in [0.15, 0.2) is 23.2 Å². The molecule has 2 aromatic carbocycles. The van der Waals surface area contributed by atoms with Crippen molar-refractivity contribution in [1.29, 1.82) is 0 Å². The summed E-state index contributed by atoms with van der Waals surface area (Å²) in [4.78, 5) is 14.5. The molecule has 1 aliphatic rings. The van der Waals surface area contributed by atoms with Crippen LogP contribution in [0.5, 0.6) is 5.75 Å². The molecule has 1 aliphatic heterocycles. The largest absolute Gasteiger partial charge is 0.493 e. The van der Waals surface area contributed by atoms with Crippen molar-refractivity contribution in [1.82, 2.24) is 4.90 Å². The van der Waals surface area contributed by atoms with Crippen molar-refractivity contribution in [2.75, 3.05) is 20.2 Å². The van der Waals surface area contributed by atoms with Gasteiger partial charge >= 0.3 is 0 Å². The summed E-state index contributed by atoms with van der Waals surface area (Å²) in [6.07, 6.45) is 3.21. The molecule has 1 heterocycles. The molecule has 1 fully saturated rings. The monoisotopic (exact) mass is 377 g/mol. The zero-order chi connectivity index (χ0) is 19.4. The molecular weight excluding hydrogens is 355 g/mol. The third-order valence-corrected chi connectivity index (χ3v) is 5.03. The second-order valence-corrected chi connectivity index (χ2v) is 6.87. The predicted molar refractivity (Wildman–Crippen MR) is 96.3 cm³/mol. The number of piperidine rings is 1. The van der Waals surface area contributed by atoms with E-state index in [1.807, 2.05) is 0 Å². The maximum atomic E-state index is 13.9. The van der Waals surface area contributed by atoms with Crippen LogP contribution >= 0.6 is 0 Å². The van der Waals surface area contributed by atoms with E-state index in [-0.39, 0.29) is 23.1 Å². The molecule has 0 aromatic heterocycles. The highest BCUT2D eigenvalue weighted by Crippen LogP contribution is 2.27. The van der Waals surface area contributed by atoms with E-state index in [0.717, 1.165) is 30.9 Å². The fraction of sp³-hybridized carbons (Fsp3) is 0.381. The van der Waals surface area contributed by atoms with Gasteiger partial charge in [0.05, 0.1) is 12.7 Å². The van der Waals surface area contributed by atoms with Crippen LogP contribution < -0.4 is 4.74 Å². The number of hydrogen-bond acceptors (Lipinski definition) is 2. The van der Waals surface area contributed by atoms with E-state index in [2.05, 4.69) is 0 Å². The van der Waals surface area contributed by atoms with E-state index >= 15 is 0 Å². The Labute approximate surface area is 156 Å². The molecule has 1 saturated heterocycles. The zero-order valence-corrected chi connectivity index (χ0v) is 15.2. The third-order valence-electron chi connectivity index (χ3n) is 5.03. The molecule has 144 valence electrons. The van der Waals surface area contributed by atoms with Crippen LogP contribution in [0.2, 0.25) is 0 Å². The minimum atomic E-state index is -0.850. The van der Waals surface area contributed by atoms with Crippen LogP contribution in [0.3, 0.4) is 0 Å². The Kier molecular flexibility index (Phi) is 6.04. The fourth-order valence-electron chi connectivity index (χ4n) is 3.61. The Morgan fingerprint density at radius 1 is 1.15 bits per heavy atom. The number of para-hydroxylation sites is 1. The summed E-state index contributed by atoms with van der Waals surface area (Å²) < 4.78 is 45.3. The average Bonchev–Trinajstić information content (AvgIpc) is 2.68. The molecule has 0 bridgehead atoms. The molecule has 0 spiro atoms. The number of carbonyl (C=O) groups excluding carboxylic acids is 1. The number of benzene rings is 2. The Bertz CT molecular complexity index is 825. The summed E-state index contributed by atoms with van der Waals surface area (Å²) in [5.74, 6) is -2.27. The zero-order valence-electron chi connectivity index (χ0n) is 15.2. The number of hydrogen-bond donors (Lipinski definition) is 0. The van der Waals surface area contributed by atoms with E-state index in [0.29, 0.717) is 19.5 Å². The van der Waals surface area contributed by atoms with E-state index in [1.165, 1.54) is 25.3 Å². The normalized spacial score (nSPS) is 17.0. The van der Waals surface area contributed by atoms with Crippen LogP contribution in [-0.2, 0) is 6.42 Å². The number of rotatable bonds is 5. The van der Waals surface area contributed by atoms with Gasteiger partial charge in [-0.2, -0.15) is 0 Å². The summed E-state index contributed by atoms with van der Waals surface area (Å²) in [5, 5.41) is 0. The molecule has 1 unspecified atom stereocenters. The van der Waals surface area contributed by atoms with E-state index < -0.39 is 17.5 Å². The molecule has 0 saturated carbocycles. The maximum Gasteiger partial charge on any atom is 0.257 e. The number of nitrogens with zero attached hydrogens (tertiary/aromatic N) is 1. The first kappa shape index (κ1) is 19.3. The maximum absolute atomic E-state index is 13.9. The number of ether oxygens (including phenoxy) is 1. The van der Waals surface area contributed by atoms with E-state index in [4.69, 9.17) is 4.74 Å². The van der Waals surface area contributed by atoms with Crippen LogP contribution in [0.15, 0.2) is 36.4 Å². The van der Waals surface area contributed by atoms with Crippen molar-refractivity contribution in [3.05, 3.63) is 65.0 Å². The lowest BCUT2D eigenvalue weighted by molar-refractivity contribution is 0.0664. The fourth-order valence-corrected chi connectivity index (χ4v) is 3.61. The third kappa shape index (κ3) is 4.43. The van der Waals surface area contributed by atoms with Crippen LogP contribution in [0, 0.1) is 23.4 Å². The number of halogens is 3. The summed E-state index contributed by atoms with van der Waals surface area (Å²) in [6, 6.07) is 8.26. The second-order valence-electron chi connectivity index (χ2n) is 6.87. The van der Waals surface area contributed by atoms with Crippen LogP contribution in [0.4, 0.5) is 13.2 Å². The molecule has 1 atom stereocenters. The molecule has 0 N–H and O–H groups in total. The molecule has 27 heavy (non-hydrogen) atoms. The SMILES string of the molecule is COc1c(F)cccc1C(=O)N1CCCC(CCc2ccc(F)c(F)c2)C1. The molecular formula is C21H22F3NO2. The number of methoxy groups -OCH3 is 1. The summed E-state index contributed by atoms with van der Waals surface area (Å²) >= 11 is 0. The van der Waals surface area contributed by atoms with E-state index in [1.54, 1.807) is 17.0 Å². The molecule has 0 aliphatic carbocycles. The minimum Gasteiger partial charge on any atom is -0.493 e. The van der Waals surface area contributed by atoms with Gasteiger partial charge in [-0.05, 0) is 61.4 Å². The minimum absolute atomic E-state index is 0.0357. The van der Waals surface area contributed by atoms with Crippen molar-refractivity contribution in [3.63, 3.8) is 0 Å². The van der Waals surface area contributed by atoms with Gasteiger partial charge in [-0.3, -0.25) is 4.79 Å². The number of likely N-dealkylation sites (tertiary alicyclic amines) is 1. The Morgan fingerprint density at radius 3 is 2.70 bits per heavy atom. The lowest BCUT2D eigenvalue weighted by Gasteiger charge is -2.33. The lowest BCUT2D eigenvalue weighted by atomic mass is 9.91. The average molecular weight is 377 g/mol. The number of carbonyl (C=O) groups is 1. The Balaban J connectivity index is 1.64. The highest BCUT2D eigenvalue weighted by molar-refractivity contribution is 5.97. The van der Waals surface area contributed by atoms with Gasteiger partial charge in [0.25, 0.3) is 5.91 Å². The molecule has 6 heteroatoms. The van der Waals surface area contributed by atoms with Crippen molar-refractivity contribution in [3.8, 4) is 5.75 Å². The molecule has 2 aromatic rings. The van der Waals surface area contributed by atoms with Gasteiger partial charge in [-0.15, -0.1) is 0 Å².